The van der Waals surface area contributed by atoms with Crippen LogP contribution in [0.4, 0.5) is 0 Å². The van der Waals surface area contributed by atoms with Crippen LogP contribution in [0, 0.1) is 0 Å². The second kappa shape index (κ2) is 5.82. The largest absolute Gasteiger partial charge is 0.465 e. The molecule has 0 radical (unpaired) electrons. The number of hydrogen-bond acceptors (Lipinski definition) is 4. The Bertz CT molecular complexity index is 594. The molecule has 1 heterocycles. The average Bonchev–Trinajstić information content (AvgIpc) is 2.48. The number of aromatic nitrogens is 2. The molecule has 1 aromatic heterocycles. The van der Waals surface area contributed by atoms with Gasteiger partial charge in [0.25, 0.3) is 0 Å². The molecular formula is C16H18N2O2. The summed E-state index contributed by atoms with van der Waals surface area (Å²) in [6.45, 7) is 5.90. The van der Waals surface area contributed by atoms with E-state index in [0.29, 0.717) is 12.4 Å². The third-order valence-electron chi connectivity index (χ3n) is 3.19. The van der Waals surface area contributed by atoms with Crippen molar-refractivity contribution < 1.29 is 9.53 Å². The van der Waals surface area contributed by atoms with Gasteiger partial charge in [0.2, 0.25) is 0 Å². The van der Waals surface area contributed by atoms with Crippen LogP contribution >= 0.6 is 0 Å². The molecular weight excluding hydrogens is 252 g/mol. The fraction of sp³-hybridized carbons (Fsp3) is 0.312. The Morgan fingerprint density at radius 2 is 1.90 bits per heavy atom. The summed E-state index contributed by atoms with van der Waals surface area (Å²) in [7, 11) is 0. The molecule has 2 rings (SSSR count). The van der Waals surface area contributed by atoms with Crippen molar-refractivity contribution in [3.63, 3.8) is 0 Å². The zero-order valence-corrected chi connectivity index (χ0v) is 12.0. The second-order valence-electron chi connectivity index (χ2n) is 5.00. The van der Waals surface area contributed by atoms with Crippen molar-refractivity contribution >= 4 is 5.97 Å². The fourth-order valence-corrected chi connectivity index (χ4v) is 1.92. The van der Waals surface area contributed by atoms with E-state index < -0.39 is 5.41 Å². The first kappa shape index (κ1) is 14.2. The molecule has 4 heteroatoms. The van der Waals surface area contributed by atoms with E-state index >= 15 is 0 Å². The number of ether oxygens (including phenoxy) is 1. The SMILES string of the molecule is CCOC(=O)C(C)(C)c1cccc(-c2ncccn2)c1. The highest BCUT2D eigenvalue weighted by Gasteiger charge is 2.31. The van der Waals surface area contributed by atoms with Crippen LogP contribution in [0.25, 0.3) is 11.4 Å². The van der Waals surface area contributed by atoms with Crippen molar-refractivity contribution in [3.8, 4) is 11.4 Å². The maximum Gasteiger partial charge on any atom is 0.315 e. The Hall–Kier alpha value is -2.23. The van der Waals surface area contributed by atoms with E-state index in [1.54, 1.807) is 18.5 Å². The average molecular weight is 270 g/mol. The van der Waals surface area contributed by atoms with Crippen molar-refractivity contribution in [2.24, 2.45) is 0 Å². The van der Waals surface area contributed by atoms with Crippen LogP contribution in [0.3, 0.4) is 0 Å². The zero-order valence-electron chi connectivity index (χ0n) is 12.0. The standard InChI is InChI=1S/C16H18N2O2/c1-4-20-15(19)16(2,3)13-8-5-7-12(11-13)14-17-9-6-10-18-14/h5-11H,4H2,1-3H3. The third-order valence-corrected chi connectivity index (χ3v) is 3.19. The van der Waals surface area contributed by atoms with Gasteiger partial charge < -0.3 is 4.74 Å². The van der Waals surface area contributed by atoms with Crippen LogP contribution in [0.5, 0.6) is 0 Å². The zero-order chi connectivity index (χ0) is 14.6. The molecule has 104 valence electrons. The Morgan fingerprint density at radius 1 is 1.20 bits per heavy atom. The Labute approximate surface area is 118 Å². The van der Waals surface area contributed by atoms with E-state index in [0.717, 1.165) is 11.1 Å². The van der Waals surface area contributed by atoms with Crippen molar-refractivity contribution in [3.05, 3.63) is 48.3 Å². The summed E-state index contributed by atoms with van der Waals surface area (Å²) in [6.07, 6.45) is 3.40. The van der Waals surface area contributed by atoms with E-state index in [1.165, 1.54) is 0 Å². The van der Waals surface area contributed by atoms with Gasteiger partial charge >= 0.3 is 5.97 Å². The van der Waals surface area contributed by atoms with Crippen LogP contribution in [0.1, 0.15) is 26.3 Å². The topological polar surface area (TPSA) is 52.1 Å². The van der Waals surface area contributed by atoms with Gasteiger partial charge in [-0.25, -0.2) is 9.97 Å². The molecule has 0 aliphatic heterocycles. The number of nitrogens with zero attached hydrogens (tertiary/aromatic N) is 2. The lowest BCUT2D eigenvalue weighted by Crippen LogP contribution is -2.31. The van der Waals surface area contributed by atoms with Gasteiger partial charge in [0.05, 0.1) is 12.0 Å². The van der Waals surface area contributed by atoms with Crippen LogP contribution < -0.4 is 0 Å². The predicted octanol–water partition coefficient (Wildman–Crippen LogP) is 2.98. The summed E-state index contributed by atoms with van der Waals surface area (Å²) < 4.78 is 5.14. The highest BCUT2D eigenvalue weighted by Crippen LogP contribution is 2.27. The first-order valence-corrected chi connectivity index (χ1v) is 6.61. The lowest BCUT2D eigenvalue weighted by atomic mass is 9.84. The lowest BCUT2D eigenvalue weighted by molar-refractivity contribution is -0.148. The number of benzene rings is 1. The lowest BCUT2D eigenvalue weighted by Gasteiger charge is -2.23. The molecule has 4 nitrogen and oxygen atoms in total. The summed E-state index contributed by atoms with van der Waals surface area (Å²) in [6, 6.07) is 9.47. The van der Waals surface area contributed by atoms with Gasteiger partial charge in [-0.15, -0.1) is 0 Å². The van der Waals surface area contributed by atoms with Gasteiger partial charge in [0, 0.05) is 18.0 Å². The van der Waals surface area contributed by atoms with E-state index in [4.69, 9.17) is 4.74 Å². The second-order valence-corrected chi connectivity index (χ2v) is 5.00. The summed E-state index contributed by atoms with van der Waals surface area (Å²) >= 11 is 0. The molecule has 0 amide bonds. The first-order chi connectivity index (χ1) is 9.55. The highest BCUT2D eigenvalue weighted by molar-refractivity contribution is 5.82. The molecule has 0 N–H and O–H groups in total. The highest BCUT2D eigenvalue weighted by atomic mass is 16.5. The molecule has 0 unspecified atom stereocenters. The monoisotopic (exact) mass is 270 g/mol. The van der Waals surface area contributed by atoms with Gasteiger partial charge in [0.15, 0.2) is 5.82 Å². The van der Waals surface area contributed by atoms with Gasteiger partial charge in [-0.2, -0.15) is 0 Å². The minimum absolute atomic E-state index is 0.230. The van der Waals surface area contributed by atoms with Gasteiger partial charge in [-0.1, -0.05) is 18.2 Å². The third kappa shape index (κ3) is 2.85. The Balaban J connectivity index is 2.37. The smallest absolute Gasteiger partial charge is 0.315 e. The molecule has 0 fully saturated rings. The van der Waals surface area contributed by atoms with Crippen molar-refractivity contribution in [2.75, 3.05) is 6.61 Å². The summed E-state index contributed by atoms with van der Waals surface area (Å²) in [4.78, 5) is 20.5. The van der Waals surface area contributed by atoms with Crippen molar-refractivity contribution in [1.29, 1.82) is 0 Å². The van der Waals surface area contributed by atoms with Crippen LogP contribution in [0.2, 0.25) is 0 Å². The van der Waals surface area contributed by atoms with Crippen LogP contribution in [-0.2, 0) is 14.9 Å². The van der Waals surface area contributed by atoms with E-state index in [9.17, 15) is 4.79 Å². The van der Waals surface area contributed by atoms with Crippen LogP contribution in [-0.4, -0.2) is 22.5 Å². The molecule has 0 atom stereocenters. The minimum Gasteiger partial charge on any atom is -0.465 e. The quantitative estimate of drug-likeness (QED) is 0.801. The molecule has 0 spiro atoms. The van der Waals surface area contributed by atoms with Gasteiger partial charge in [-0.3, -0.25) is 4.79 Å². The predicted molar refractivity (Wildman–Crippen MR) is 77.1 cm³/mol. The normalized spacial score (nSPS) is 11.2. The molecule has 1 aromatic carbocycles. The van der Waals surface area contributed by atoms with E-state index in [1.807, 2.05) is 45.0 Å². The Morgan fingerprint density at radius 3 is 2.55 bits per heavy atom. The van der Waals surface area contributed by atoms with E-state index in [2.05, 4.69) is 9.97 Å². The number of esters is 1. The molecule has 0 saturated carbocycles. The van der Waals surface area contributed by atoms with Crippen molar-refractivity contribution in [2.45, 2.75) is 26.2 Å². The maximum absolute atomic E-state index is 12.1. The maximum atomic E-state index is 12.1. The Kier molecular flexibility index (Phi) is 4.13. The number of carbonyl (C=O) groups excluding carboxylic acids is 1. The molecule has 20 heavy (non-hydrogen) atoms. The molecule has 0 bridgehead atoms. The first-order valence-electron chi connectivity index (χ1n) is 6.61. The molecule has 0 saturated heterocycles. The number of rotatable bonds is 4. The number of hydrogen-bond donors (Lipinski definition) is 0. The molecule has 2 aromatic rings. The van der Waals surface area contributed by atoms with Gasteiger partial charge in [0.1, 0.15) is 0 Å². The summed E-state index contributed by atoms with van der Waals surface area (Å²) in [5.41, 5.74) is 1.09. The van der Waals surface area contributed by atoms with Crippen molar-refractivity contribution in [1.82, 2.24) is 9.97 Å². The van der Waals surface area contributed by atoms with Crippen LogP contribution in [0.15, 0.2) is 42.7 Å². The summed E-state index contributed by atoms with van der Waals surface area (Å²) in [5, 5.41) is 0. The molecule has 0 aliphatic carbocycles. The van der Waals surface area contributed by atoms with E-state index in [-0.39, 0.29) is 5.97 Å². The number of carbonyl (C=O) groups is 1. The molecule has 0 aliphatic rings. The van der Waals surface area contributed by atoms with Gasteiger partial charge in [-0.05, 0) is 38.5 Å². The summed E-state index contributed by atoms with van der Waals surface area (Å²) in [5.74, 6) is 0.417. The fourth-order valence-electron chi connectivity index (χ4n) is 1.92. The minimum atomic E-state index is -0.694.